The van der Waals surface area contributed by atoms with Crippen molar-refractivity contribution >= 4 is 11.6 Å². The molecule has 0 bridgehead atoms. The number of hydrogen-bond acceptors (Lipinski definition) is 3. The minimum atomic E-state index is 0.424. The first-order valence-electron chi connectivity index (χ1n) is 8.44. The van der Waals surface area contributed by atoms with Crippen LogP contribution in [0, 0.1) is 11.3 Å². The molecule has 3 aromatic rings. The summed E-state index contributed by atoms with van der Waals surface area (Å²) in [5, 5.41) is 9.49. The van der Waals surface area contributed by atoms with Crippen LogP contribution in [0.2, 0.25) is 0 Å². The molecule has 26 heavy (non-hydrogen) atoms. The van der Waals surface area contributed by atoms with Crippen molar-refractivity contribution in [1.82, 2.24) is 0 Å². The van der Waals surface area contributed by atoms with Crippen LogP contribution in [0.25, 0.3) is 11.6 Å². The molecule has 0 radical (unpaired) electrons. The monoisotopic (exact) mass is 341 g/mol. The van der Waals surface area contributed by atoms with Crippen LogP contribution in [0.3, 0.4) is 0 Å². The number of rotatable bonds is 7. The number of para-hydroxylation sites is 2. The molecular formula is C23H19NO2. The van der Waals surface area contributed by atoms with Gasteiger partial charge in [-0.2, -0.15) is 5.26 Å². The lowest BCUT2D eigenvalue weighted by Crippen LogP contribution is -2.09. The molecular weight excluding hydrogens is 322 g/mol. The van der Waals surface area contributed by atoms with Gasteiger partial charge in [0.1, 0.15) is 24.7 Å². The van der Waals surface area contributed by atoms with Gasteiger partial charge in [-0.05, 0) is 29.8 Å². The zero-order chi connectivity index (χ0) is 18.0. The highest BCUT2D eigenvalue weighted by Crippen LogP contribution is 2.24. The molecule has 3 heteroatoms. The van der Waals surface area contributed by atoms with Gasteiger partial charge in [0.2, 0.25) is 0 Å². The average Bonchev–Trinajstić information content (AvgIpc) is 2.71. The fourth-order valence-electron chi connectivity index (χ4n) is 2.51. The van der Waals surface area contributed by atoms with E-state index in [1.54, 1.807) is 0 Å². The number of hydrogen-bond donors (Lipinski definition) is 0. The predicted octanol–water partition coefficient (Wildman–Crippen LogP) is 5.21. The Morgan fingerprint density at radius 2 is 1.38 bits per heavy atom. The van der Waals surface area contributed by atoms with Crippen molar-refractivity contribution in [2.75, 3.05) is 13.2 Å². The van der Waals surface area contributed by atoms with Gasteiger partial charge < -0.3 is 9.47 Å². The molecule has 0 aliphatic carbocycles. The van der Waals surface area contributed by atoms with Crippen molar-refractivity contribution in [2.24, 2.45) is 0 Å². The van der Waals surface area contributed by atoms with Crippen molar-refractivity contribution in [3.8, 4) is 17.6 Å². The van der Waals surface area contributed by atoms with Crippen LogP contribution < -0.4 is 9.47 Å². The van der Waals surface area contributed by atoms with Crippen molar-refractivity contribution < 1.29 is 9.47 Å². The smallest absolute Gasteiger partial charge is 0.126 e. The van der Waals surface area contributed by atoms with Crippen LogP contribution in [-0.2, 0) is 0 Å². The van der Waals surface area contributed by atoms with E-state index in [9.17, 15) is 5.26 Å². The van der Waals surface area contributed by atoms with Crippen LogP contribution in [0.15, 0.2) is 84.9 Å². The summed E-state index contributed by atoms with van der Waals surface area (Å²) in [5.41, 5.74) is 2.35. The zero-order valence-corrected chi connectivity index (χ0v) is 14.3. The van der Waals surface area contributed by atoms with Gasteiger partial charge in [-0.25, -0.2) is 0 Å². The van der Waals surface area contributed by atoms with Gasteiger partial charge in [0, 0.05) is 5.56 Å². The van der Waals surface area contributed by atoms with Gasteiger partial charge in [-0.3, -0.25) is 0 Å². The molecule has 0 aliphatic heterocycles. The second-order valence-corrected chi connectivity index (χ2v) is 5.58. The van der Waals surface area contributed by atoms with Crippen molar-refractivity contribution in [3.63, 3.8) is 0 Å². The quantitative estimate of drug-likeness (QED) is 0.337. The van der Waals surface area contributed by atoms with E-state index in [4.69, 9.17) is 9.47 Å². The van der Waals surface area contributed by atoms with Crippen molar-refractivity contribution in [1.29, 1.82) is 5.26 Å². The molecule has 0 spiro atoms. The van der Waals surface area contributed by atoms with Crippen LogP contribution in [-0.4, -0.2) is 13.2 Å². The van der Waals surface area contributed by atoms with Gasteiger partial charge in [-0.15, -0.1) is 0 Å². The van der Waals surface area contributed by atoms with E-state index in [1.165, 1.54) is 0 Å². The Bertz CT molecular complexity index is 896. The fraction of sp³-hybridized carbons (Fsp3) is 0.0870. The van der Waals surface area contributed by atoms with E-state index in [0.717, 1.165) is 22.6 Å². The molecule has 0 saturated heterocycles. The van der Waals surface area contributed by atoms with E-state index in [2.05, 4.69) is 6.07 Å². The molecule has 3 rings (SSSR count). The number of allylic oxidation sites excluding steroid dienone is 1. The number of benzene rings is 3. The highest BCUT2D eigenvalue weighted by molar-refractivity contribution is 5.90. The van der Waals surface area contributed by atoms with E-state index in [1.807, 2.05) is 91.0 Å². The third-order valence-electron chi connectivity index (χ3n) is 3.78. The maximum Gasteiger partial charge on any atom is 0.126 e. The minimum absolute atomic E-state index is 0.424. The lowest BCUT2D eigenvalue weighted by molar-refractivity contribution is 0.217. The van der Waals surface area contributed by atoms with E-state index < -0.39 is 0 Å². The van der Waals surface area contributed by atoms with E-state index in [0.29, 0.717) is 18.8 Å². The fourth-order valence-corrected chi connectivity index (χ4v) is 2.51. The zero-order valence-electron chi connectivity index (χ0n) is 14.3. The van der Waals surface area contributed by atoms with Gasteiger partial charge in [0.15, 0.2) is 0 Å². The lowest BCUT2D eigenvalue weighted by Gasteiger charge is -2.11. The summed E-state index contributed by atoms with van der Waals surface area (Å²) in [4.78, 5) is 0. The molecule has 0 aromatic heterocycles. The third-order valence-corrected chi connectivity index (χ3v) is 3.78. The first-order chi connectivity index (χ1) is 12.9. The Balaban J connectivity index is 1.68. The molecule has 3 nitrogen and oxygen atoms in total. The number of ether oxygens (including phenoxy) is 2. The Labute approximate surface area is 153 Å². The molecule has 128 valence electrons. The maximum absolute atomic E-state index is 9.49. The largest absolute Gasteiger partial charge is 0.490 e. The molecule has 0 unspecified atom stereocenters. The highest BCUT2D eigenvalue weighted by Gasteiger charge is 2.05. The Morgan fingerprint density at radius 3 is 2.12 bits per heavy atom. The molecule has 0 N–H and O–H groups in total. The summed E-state index contributed by atoms with van der Waals surface area (Å²) in [6.07, 6.45) is 1.85. The lowest BCUT2D eigenvalue weighted by atomic mass is 10.0. The summed E-state index contributed by atoms with van der Waals surface area (Å²) in [6.45, 7) is 0.874. The van der Waals surface area contributed by atoms with Gasteiger partial charge in [-0.1, -0.05) is 66.7 Å². The molecule has 0 fully saturated rings. The summed E-state index contributed by atoms with van der Waals surface area (Å²) >= 11 is 0. The molecule has 0 heterocycles. The van der Waals surface area contributed by atoms with Crippen molar-refractivity contribution in [3.05, 3.63) is 96.1 Å². The number of nitriles is 1. The Morgan fingerprint density at radius 1 is 0.769 bits per heavy atom. The summed E-state index contributed by atoms with van der Waals surface area (Å²) in [7, 11) is 0. The highest BCUT2D eigenvalue weighted by atomic mass is 16.5. The maximum atomic E-state index is 9.49. The predicted molar refractivity (Wildman–Crippen MR) is 104 cm³/mol. The van der Waals surface area contributed by atoms with Crippen LogP contribution in [0.1, 0.15) is 11.1 Å². The van der Waals surface area contributed by atoms with Crippen LogP contribution in [0.5, 0.6) is 11.5 Å². The first-order valence-corrected chi connectivity index (χ1v) is 8.44. The second-order valence-electron chi connectivity index (χ2n) is 5.58. The normalized spacial score (nSPS) is 10.8. The summed E-state index contributed by atoms with van der Waals surface area (Å²) in [6, 6.07) is 29.2. The molecule has 3 aromatic carbocycles. The van der Waals surface area contributed by atoms with Crippen molar-refractivity contribution in [2.45, 2.75) is 0 Å². The van der Waals surface area contributed by atoms with Crippen LogP contribution >= 0.6 is 0 Å². The average molecular weight is 341 g/mol. The molecule has 0 amide bonds. The topological polar surface area (TPSA) is 42.2 Å². The third kappa shape index (κ3) is 4.75. The van der Waals surface area contributed by atoms with E-state index >= 15 is 0 Å². The SMILES string of the molecule is N#C/C(=C\c1ccccc1OCCOc1ccccc1)c1ccccc1. The Kier molecular flexibility index (Phi) is 6.06. The van der Waals surface area contributed by atoms with Crippen LogP contribution in [0.4, 0.5) is 0 Å². The summed E-state index contributed by atoms with van der Waals surface area (Å²) < 4.78 is 11.5. The molecule has 0 saturated carbocycles. The summed E-state index contributed by atoms with van der Waals surface area (Å²) in [5.74, 6) is 1.55. The van der Waals surface area contributed by atoms with Gasteiger partial charge in [0.25, 0.3) is 0 Å². The van der Waals surface area contributed by atoms with E-state index in [-0.39, 0.29) is 0 Å². The molecule has 0 atom stereocenters. The van der Waals surface area contributed by atoms with Gasteiger partial charge >= 0.3 is 0 Å². The Hall–Kier alpha value is -3.51. The van der Waals surface area contributed by atoms with Gasteiger partial charge in [0.05, 0.1) is 11.6 Å². The standard InChI is InChI=1S/C23H19NO2/c24-18-21(19-9-3-1-4-10-19)17-20-11-7-8-14-23(20)26-16-15-25-22-12-5-2-6-13-22/h1-14,17H,15-16H2/b21-17+. The molecule has 0 aliphatic rings. The first kappa shape index (κ1) is 17.3. The minimum Gasteiger partial charge on any atom is -0.490 e. The second kappa shape index (κ2) is 9.10. The number of nitrogens with zero attached hydrogens (tertiary/aromatic N) is 1.